The average molecular weight is 727 g/mol. The van der Waals surface area contributed by atoms with E-state index < -0.39 is 29.3 Å². The van der Waals surface area contributed by atoms with Gasteiger partial charge in [0.25, 0.3) is 17.7 Å². The predicted octanol–water partition coefficient (Wildman–Crippen LogP) is 3.80. The van der Waals surface area contributed by atoms with Gasteiger partial charge in [0.1, 0.15) is 11.6 Å². The Morgan fingerprint density at radius 3 is 2.33 bits per heavy atom. The summed E-state index contributed by atoms with van der Waals surface area (Å²) >= 11 is 6.41. The fraction of sp³-hybridized carbons (Fsp3) is 0.474. The Kier molecular flexibility index (Phi) is 9.02. The normalized spacial score (nSPS) is 22.3. The number of benzene rings is 2. The standard InChI is InChI=1S/C38H43ClN8O5/c1-24-3-6-31(30(39)19-24)41-37(52)38(11-2-12-38)46-23-27(21-40-46)44-13-9-25(10-14-44)22-43-15-17-45(18-16-43)26-4-5-28-29(20-26)36(51)47(35(28)50)32-7-8-33(48)42-34(32)49/h3-6,19-21,23,25,32H,2,7-18,22H2,1H3,(H,41,52)(H,42,48,49). The van der Waals surface area contributed by atoms with Crippen molar-refractivity contribution in [1.82, 2.24) is 24.9 Å². The van der Waals surface area contributed by atoms with Crippen LogP contribution in [0.1, 0.15) is 71.2 Å². The summed E-state index contributed by atoms with van der Waals surface area (Å²) in [5.41, 5.74) is 3.51. The number of fused-ring (bicyclic) bond motifs is 1. The predicted molar refractivity (Wildman–Crippen MR) is 196 cm³/mol. The van der Waals surface area contributed by atoms with E-state index in [-0.39, 0.29) is 24.7 Å². The molecule has 5 aliphatic rings. The Morgan fingerprint density at radius 1 is 0.904 bits per heavy atom. The van der Waals surface area contributed by atoms with Crippen LogP contribution >= 0.6 is 11.6 Å². The fourth-order valence-corrected chi connectivity index (χ4v) is 8.61. The molecule has 3 saturated heterocycles. The largest absolute Gasteiger partial charge is 0.369 e. The number of rotatable bonds is 8. The highest BCUT2D eigenvalue weighted by molar-refractivity contribution is 6.33. The van der Waals surface area contributed by atoms with Crippen LogP contribution < -0.4 is 20.4 Å². The first-order valence-electron chi connectivity index (χ1n) is 18.3. The van der Waals surface area contributed by atoms with E-state index >= 15 is 0 Å². The molecule has 1 unspecified atom stereocenters. The number of piperazine rings is 1. The maximum Gasteiger partial charge on any atom is 0.262 e. The van der Waals surface area contributed by atoms with Gasteiger partial charge in [-0.3, -0.25) is 43.8 Å². The molecule has 1 aliphatic carbocycles. The average Bonchev–Trinajstić information content (AvgIpc) is 3.69. The third kappa shape index (κ3) is 6.23. The highest BCUT2D eigenvalue weighted by Crippen LogP contribution is 2.41. The maximum absolute atomic E-state index is 13.5. The van der Waals surface area contributed by atoms with Crippen molar-refractivity contribution >= 4 is 58.2 Å². The van der Waals surface area contributed by atoms with E-state index in [2.05, 4.69) is 25.3 Å². The summed E-state index contributed by atoms with van der Waals surface area (Å²) in [6.07, 6.45) is 8.77. The number of halogens is 1. The molecule has 5 heterocycles. The van der Waals surface area contributed by atoms with Crippen LogP contribution in [0.4, 0.5) is 17.1 Å². The summed E-state index contributed by atoms with van der Waals surface area (Å²) < 4.78 is 1.86. The van der Waals surface area contributed by atoms with Crippen LogP contribution in [0.2, 0.25) is 5.02 Å². The number of amides is 5. The first kappa shape index (κ1) is 34.3. The number of hydrogen-bond acceptors (Lipinski definition) is 9. The summed E-state index contributed by atoms with van der Waals surface area (Å²) in [7, 11) is 0. The highest BCUT2D eigenvalue weighted by Gasteiger charge is 2.47. The number of aryl methyl sites for hydroxylation is 1. The van der Waals surface area contributed by atoms with Crippen LogP contribution in [-0.4, -0.2) is 101 Å². The first-order valence-corrected chi connectivity index (χ1v) is 18.7. The van der Waals surface area contributed by atoms with Gasteiger partial charge in [-0.2, -0.15) is 5.10 Å². The summed E-state index contributed by atoms with van der Waals surface area (Å²) in [6, 6.07) is 10.0. The van der Waals surface area contributed by atoms with Crippen molar-refractivity contribution in [2.45, 2.75) is 63.5 Å². The van der Waals surface area contributed by atoms with Crippen molar-refractivity contribution in [3.63, 3.8) is 0 Å². The lowest BCUT2D eigenvalue weighted by molar-refractivity contribution is -0.136. The van der Waals surface area contributed by atoms with Crippen molar-refractivity contribution in [2.75, 3.05) is 60.9 Å². The monoisotopic (exact) mass is 726 g/mol. The molecule has 0 spiro atoms. The number of nitrogens with zero attached hydrogens (tertiary/aromatic N) is 6. The molecule has 5 amide bonds. The number of hydrogen-bond donors (Lipinski definition) is 2. The Bertz CT molecular complexity index is 1940. The molecule has 1 saturated carbocycles. The molecule has 2 aromatic carbocycles. The number of piperidine rings is 2. The Labute approximate surface area is 307 Å². The van der Waals surface area contributed by atoms with Crippen molar-refractivity contribution in [3.8, 4) is 0 Å². The third-order valence-electron chi connectivity index (χ3n) is 11.6. The van der Waals surface area contributed by atoms with Crippen LogP contribution in [0.25, 0.3) is 0 Å². The molecule has 0 bridgehead atoms. The molecule has 13 nitrogen and oxygen atoms in total. The lowest BCUT2D eigenvalue weighted by Crippen LogP contribution is -2.54. The second-order valence-corrected chi connectivity index (χ2v) is 15.3. The van der Waals surface area contributed by atoms with Crippen LogP contribution in [0.5, 0.6) is 0 Å². The molecular formula is C38H43ClN8O5. The number of carbonyl (C=O) groups is 5. The minimum absolute atomic E-state index is 0.0749. The van der Waals surface area contributed by atoms with Crippen molar-refractivity contribution in [3.05, 3.63) is 70.5 Å². The summed E-state index contributed by atoms with van der Waals surface area (Å²) in [5.74, 6) is -1.45. The Hall–Kier alpha value is -4.75. The summed E-state index contributed by atoms with van der Waals surface area (Å²) in [6.45, 7) is 8.29. The summed E-state index contributed by atoms with van der Waals surface area (Å²) in [4.78, 5) is 72.1. The van der Waals surface area contributed by atoms with Crippen LogP contribution in [-0.2, 0) is 19.9 Å². The number of anilines is 3. The number of aromatic nitrogens is 2. The molecule has 1 atom stereocenters. The molecule has 4 aliphatic heterocycles. The van der Waals surface area contributed by atoms with Gasteiger partial charge in [-0.15, -0.1) is 0 Å². The van der Waals surface area contributed by atoms with Gasteiger partial charge in [0.15, 0.2) is 0 Å². The summed E-state index contributed by atoms with van der Waals surface area (Å²) in [5, 5.41) is 10.5. The van der Waals surface area contributed by atoms with Gasteiger partial charge in [-0.25, -0.2) is 0 Å². The molecule has 4 fully saturated rings. The zero-order valence-electron chi connectivity index (χ0n) is 29.3. The van der Waals surface area contributed by atoms with E-state index in [0.29, 0.717) is 27.8 Å². The number of imide groups is 2. The molecule has 2 N–H and O–H groups in total. The SMILES string of the molecule is Cc1ccc(NC(=O)C2(n3cc(N4CCC(CN5CCN(c6ccc7c(c6)C(=O)N(C6CCC(=O)NC6=O)C7=O)CC5)CC4)cn3)CCC2)c(Cl)c1. The molecular weight excluding hydrogens is 684 g/mol. The molecule has 0 radical (unpaired) electrons. The van der Waals surface area contributed by atoms with Gasteiger partial charge in [0, 0.05) is 64.1 Å². The second-order valence-electron chi connectivity index (χ2n) is 14.9. The van der Waals surface area contributed by atoms with E-state index in [1.807, 2.05) is 48.3 Å². The van der Waals surface area contributed by atoms with Crippen LogP contribution in [0.3, 0.4) is 0 Å². The minimum Gasteiger partial charge on any atom is -0.369 e. The second kappa shape index (κ2) is 13.7. The zero-order chi connectivity index (χ0) is 36.1. The highest BCUT2D eigenvalue weighted by atomic mass is 35.5. The maximum atomic E-state index is 13.5. The van der Waals surface area contributed by atoms with Gasteiger partial charge < -0.3 is 15.1 Å². The topological polar surface area (TPSA) is 140 Å². The third-order valence-corrected chi connectivity index (χ3v) is 12.0. The van der Waals surface area contributed by atoms with Gasteiger partial charge in [-0.1, -0.05) is 17.7 Å². The molecule has 1 aromatic heterocycles. The van der Waals surface area contributed by atoms with Crippen molar-refractivity contribution in [2.24, 2.45) is 5.92 Å². The van der Waals surface area contributed by atoms with Gasteiger partial charge in [0.2, 0.25) is 11.8 Å². The Balaban J connectivity index is 0.824. The lowest BCUT2D eigenvalue weighted by atomic mass is 9.76. The smallest absolute Gasteiger partial charge is 0.262 e. The first-order chi connectivity index (χ1) is 25.1. The number of nitrogens with one attached hydrogen (secondary N) is 2. The van der Waals surface area contributed by atoms with E-state index in [4.69, 9.17) is 16.7 Å². The lowest BCUT2D eigenvalue weighted by Gasteiger charge is -2.40. The molecule has 272 valence electrons. The molecule has 52 heavy (non-hydrogen) atoms. The van der Waals surface area contributed by atoms with Crippen LogP contribution in [0, 0.1) is 12.8 Å². The van der Waals surface area contributed by atoms with Crippen molar-refractivity contribution in [1.29, 1.82) is 0 Å². The van der Waals surface area contributed by atoms with E-state index in [1.54, 1.807) is 12.1 Å². The van der Waals surface area contributed by atoms with E-state index in [0.717, 1.165) is 99.8 Å². The van der Waals surface area contributed by atoms with Gasteiger partial charge in [-0.05, 0) is 87.3 Å². The molecule has 14 heteroatoms. The zero-order valence-corrected chi connectivity index (χ0v) is 30.0. The minimum atomic E-state index is -0.968. The van der Waals surface area contributed by atoms with Gasteiger partial charge in [0.05, 0.1) is 33.7 Å². The Morgan fingerprint density at radius 2 is 1.63 bits per heavy atom. The molecule has 8 rings (SSSR count). The fourth-order valence-electron chi connectivity index (χ4n) is 8.33. The van der Waals surface area contributed by atoms with Crippen molar-refractivity contribution < 1.29 is 24.0 Å². The molecule has 3 aromatic rings. The number of carbonyl (C=O) groups excluding carboxylic acids is 5. The van der Waals surface area contributed by atoms with E-state index in [1.165, 1.54) is 0 Å². The van der Waals surface area contributed by atoms with E-state index in [9.17, 15) is 24.0 Å². The van der Waals surface area contributed by atoms with Crippen LogP contribution in [0.15, 0.2) is 48.8 Å². The quantitative estimate of drug-likeness (QED) is 0.332. The van der Waals surface area contributed by atoms with Gasteiger partial charge >= 0.3 is 0 Å².